The molecule has 1 heterocycles. The molecule has 1 unspecified atom stereocenters. The van der Waals surface area contributed by atoms with Crippen molar-refractivity contribution < 1.29 is 4.74 Å². The van der Waals surface area contributed by atoms with E-state index in [1.54, 1.807) is 6.20 Å². The molecule has 1 aromatic carbocycles. The molecular formula is C16H21N3O. The largest absolute Gasteiger partial charge is 0.494 e. The minimum atomic E-state index is -0.0617. The summed E-state index contributed by atoms with van der Waals surface area (Å²) in [6.07, 6.45) is 4.61. The topological polar surface area (TPSA) is 60.2 Å². The number of hydrazine groups is 1. The van der Waals surface area contributed by atoms with Crippen LogP contribution in [-0.2, 0) is 6.42 Å². The van der Waals surface area contributed by atoms with Crippen LogP contribution < -0.4 is 16.0 Å². The lowest BCUT2D eigenvalue weighted by Crippen LogP contribution is -2.29. The number of nitrogens with zero attached hydrogens (tertiary/aromatic N) is 1. The Morgan fingerprint density at radius 2 is 2.15 bits per heavy atom. The molecule has 2 rings (SSSR count). The van der Waals surface area contributed by atoms with Crippen LogP contribution in [0.25, 0.3) is 0 Å². The Kier molecular flexibility index (Phi) is 5.09. The molecule has 4 heteroatoms. The van der Waals surface area contributed by atoms with Gasteiger partial charge >= 0.3 is 0 Å². The van der Waals surface area contributed by atoms with Crippen molar-refractivity contribution >= 4 is 0 Å². The maximum atomic E-state index is 5.77. The predicted molar refractivity (Wildman–Crippen MR) is 80.4 cm³/mol. The monoisotopic (exact) mass is 271 g/mol. The SMILES string of the molecule is CCOc1cccc(C(NN)c2ccncc2CC)c1. The van der Waals surface area contributed by atoms with E-state index in [1.165, 1.54) is 5.56 Å². The highest BCUT2D eigenvalue weighted by atomic mass is 16.5. The van der Waals surface area contributed by atoms with E-state index in [-0.39, 0.29) is 6.04 Å². The molecule has 0 aliphatic carbocycles. The molecule has 0 saturated heterocycles. The molecule has 0 bridgehead atoms. The second kappa shape index (κ2) is 7.03. The summed E-state index contributed by atoms with van der Waals surface area (Å²) in [5.74, 6) is 6.63. The molecule has 1 aromatic heterocycles. The zero-order valence-corrected chi connectivity index (χ0v) is 12.0. The zero-order chi connectivity index (χ0) is 14.4. The van der Waals surface area contributed by atoms with E-state index in [9.17, 15) is 0 Å². The molecule has 0 radical (unpaired) electrons. The number of rotatable bonds is 6. The third-order valence-corrected chi connectivity index (χ3v) is 3.30. The van der Waals surface area contributed by atoms with Crippen LogP contribution in [0.3, 0.4) is 0 Å². The molecular weight excluding hydrogens is 250 g/mol. The molecule has 0 amide bonds. The maximum Gasteiger partial charge on any atom is 0.119 e. The Morgan fingerprint density at radius 3 is 2.85 bits per heavy atom. The van der Waals surface area contributed by atoms with Crippen LogP contribution in [0.2, 0.25) is 0 Å². The number of nitrogens with one attached hydrogen (secondary N) is 1. The second-order valence-corrected chi connectivity index (χ2v) is 4.53. The number of hydrogen-bond acceptors (Lipinski definition) is 4. The van der Waals surface area contributed by atoms with Crippen LogP contribution in [0, 0.1) is 0 Å². The minimum absolute atomic E-state index is 0.0617. The third kappa shape index (κ3) is 3.15. The highest BCUT2D eigenvalue weighted by Crippen LogP contribution is 2.26. The summed E-state index contributed by atoms with van der Waals surface area (Å²) in [6, 6.07) is 9.96. The number of nitrogens with two attached hydrogens (primary N) is 1. The standard InChI is InChI=1S/C16H21N3O/c1-3-12-11-18-9-8-15(12)16(19-17)13-6-5-7-14(10-13)20-4-2/h5-11,16,19H,3-4,17H2,1-2H3. The van der Waals surface area contributed by atoms with Gasteiger partial charge in [0.05, 0.1) is 12.6 Å². The summed E-state index contributed by atoms with van der Waals surface area (Å²) in [7, 11) is 0. The number of ether oxygens (including phenoxy) is 1. The van der Waals surface area contributed by atoms with Crippen molar-refractivity contribution in [3.8, 4) is 5.75 Å². The highest BCUT2D eigenvalue weighted by Gasteiger charge is 2.16. The lowest BCUT2D eigenvalue weighted by Gasteiger charge is -2.20. The van der Waals surface area contributed by atoms with E-state index in [0.717, 1.165) is 23.3 Å². The smallest absolute Gasteiger partial charge is 0.119 e. The van der Waals surface area contributed by atoms with Gasteiger partial charge in [0.15, 0.2) is 0 Å². The van der Waals surface area contributed by atoms with E-state index >= 15 is 0 Å². The van der Waals surface area contributed by atoms with Crippen molar-refractivity contribution in [1.29, 1.82) is 0 Å². The van der Waals surface area contributed by atoms with Crippen LogP contribution in [0.1, 0.15) is 36.6 Å². The molecule has 0 aliphatic rings. The molecule has 3 N–H and O–H groups in total. The fourth-order valence-electron chi connectivity index (χ4n) is 2.33. The van der Waals surface area contributed by atoms with Gasteiger partial charge in [-0.15, -0.1) is 0 Å². The average Bonchev–Trinajstić information content (AvgIpc) is 2.49. The van der Waals surface area contributed by atoms with E-state index in [4.69, 9.17) is 10.6 Å². The summed E-state index contributed by atoms with van der Waals surface area (Å²) in [6.45, 7) is 4.74. The Labute approximate surface area is 120 Å². The van der Waals surface area contributed by atoms with Crippen LogP contribution in [0.5, 0.6) is 5.75 Å². The summed E-state index contributed by atoms with van der Waals surface area (Å²) in [4.78, 5) is 4.18. The molecule has 4 nitrogen and oxygen atoms in total. The van der Waals surface area contributed by atoms with Crippen molar-refractivity contribution in [3.05, 3.63) is 59.4 Å². The molecule has 20 heavy (non-hydrogen) atoms. The van der Waals surface area contributed by atoms with Crippen molar-refractivity contribution in [3.63, 3.8) is 0 Å². The fourth-order valence-corrected chi connectivity index (χ4v) is 2.33. The highest BCUT2D eigenvalue weighted by molar-refractivity contribution is 5.39. The zero-order valence-electron chi connectivity index (χ0n) is 12.0. The Bertz CT molecular complexity index is 557. The molecule has 1 atom stereocenters. The number of aromatic nitrogens is 1. The first-order valence-corrected chi connectivity index (χ1v) is 6.91. The predicted octanol–water partition coefficient (Wildman–Crippen LogP) is 2.60. The Morgan fingerprint density at radius 1 is 1.30 bits per heavy atom. The summed E-state index contributed by atoms with van der Waals surface area (Å²) in [5, 5.41) is 0. The molecule has 0 fully saturated rings. The van der Waals surface area contributed by atoms with Gasteiger partial charge in [0.1, 0.15) is 5.75 Å². The Hall–Kier alpha value is -1.91. The first-order chi connectivity index (χ1) is 9.80. The summed E-state index contributed by atoms with van der Waals surface area (Å²) in [5.41, 5.74) is 6.32. The first kappa shape index (κ1) is 14.5. The normalized spacial score (nSPS) is 12.2. The van der Waals surface area contributed by atoms with Gasteiger partial charge in [-0.25, -0.2) is 5.43 Å². The van der Waals surface area contributed by atoms with Gasteiger partial charge in [-0.1, -0.05) is 19.1 Å². The van der Waals surface area contributed by atoms with Crippen molar-refractivity contribution in [1.82, 2.24) is 10.4 Å². The fraction of sp³-hybridized carbons (Fsp3) is 0.312. The molecule has 0 saturated carbocycles. The molecule has 106 valence electrons. The third-order valence-electron chi connectivity index (χ3n) is 3.30. The number of hydrogen-bond donors (Lipinski definition) is 2. The van der Waals surface area contributed by atoms with Gasteiger partial charge in [-0.05, 0) is 48.2 Å². The molecule has 2 aromatic rings. The summed E-state index contributed by atoms with van der Waals surface area (Å²) >= 11 is 0. The van der Waals surface area contributed by atoms with E-state index in [2.05, 4.69) is 17.3 Å². The van der Waals surface area contributed by atoms with Crippen LogP contribution in [0.15, 0.2) is 42.7 Å². The molecule has 0 spiro atoms. The lowest BCUT2D eigenvalue weighted by molar-refractivity contribution is 0.339. The van der Waals surface area contributed by atoms with Crippen molar-refractivity contribution in [2.75, 3.05) is 6.61 Å². The Balaban J connectivity index is 2.39. The quantitative estimate of drug-likeness (QED) is 0.626. The maximum absolute atomic E-state index is 5.77. The first-order valence-electron chi connectivity index (χ1n) is 6.91. The van der Waals surface area contributed by atoms with E-state index in [1.807, 2.05) is 43.5 Å². The number of aryl methyl sites for hydroxylation is 1. The van der Waals surface area contributed by atoms with Gasteiger partial charge in [0.2, 0.25) is 0 Å². The van der Waals surface area contributed by atoms with Crippen molar-refractivity contribution in [2.24, 2.45) is 5.84 Å². The summed E-state index contributed by atoms with van der Waals surface area (Å²) < 4.78 is 5.55. The van der Waals surface area contributed by atoms with Crippen LogP contribution >= 0.6 is 0 Å². The van der Waals surface area contributed by atoms with Gasteiger partial charge in [-0.2, -0.15) is 0 Å². The van der Waals surface area contributed by atoms with Crippen LogP contribution in [0.4, 0.5) is 0 Å². The minimum Gasteiger partial charge on any atom is -0.494 e. The molecule has 0 aliphatic heterocycles. The van der Waals surface area contributed by atoms with Gasteiger partial charge < -0.3 is 4.74 Å². The van der Waals surface area contributed by atoms with Crippen molar-refractivity contribution in [2.45, 2.75) is 26.3 Å². The van der Waals surface area contributed by atoms with E-state index in [0.29, 0.717) is 6.61 Å². The van der Waals surface area contributed by atoms with Gasteiger partial charge in [0, 0.05) is 12.4 Å². The average molecular weight is 271 g/mol. The van der Waals surface area contributed by atoms with Gasteiger partial charge in [-0.3, -0.25) is 10.8 Å². The lowest BCUT2D eigenvalue weighted by atomic mass is 9.95. The van der Waals surface area contributed by atoms with E-state index < -0.39 is 0 Å². The van der Waals surface area contributed by atoms with Gasteiger partial charge in [0.25, 0.3) is 0 Å². The van der Waals surface area contributed by atoms with Crippen LogP contribution in [-0.4, -0.2) is 11.6 Å². The second-order valence-electron chi connectivity index (χ2n) is 4.53. The number of benzene rings is 1. The number of pyridine rings is 1.